The van der Waals surface area contributed by atoms with E-state index in [2.05, 4.69) is 5.10 Å². The Bertz CT molecular complexity index is 622. The van der Waals surface area contributed by atoms with Crippen molar-refractivity contribution in [2.45, 2.75) is 25.9 Å². The van der Waals surface area contributed by atoms with Crippen LogP contribution in [0.1, 0.15) is 18.9 Å². The van der Waals surface area contributed by atoms with Crippen molar-refractivity contribution in [1.29, 1.82) is 0 Å². The predicted molar refractivity (Wildman–Crippen MR) is 75.3 cm³/mol. The topological polar surface area (TPSA) is 57.8 Å². The minimum atomic E-state index is -0.406. The number of hydrogen-bond acceptors (Lipinski definition) is 3. The summed E-state index contributed by atoms with van der Waals surface area (Å²) in [6.45, 7) is 3.20. The molecule has 2 aromatic heterocycles. The number of pyridine rings is 1. The highest BCUT2D eigenvalue weighted by atomic mass is 16.3. The van der Waals surface area contributed by atoms with Crippen LogP contribution >= 0.6 is 0 Å². The number of piperidine rings is 1. The first-order valence-electron chi connectivity index (χ1n) is 7.02. The molecule has 2 unspecified atom stereocenters. The van der Waals surface area contributed by atoms with Gasteiger partial charge >= 0.3 is 0 Å². The van der Waals surface area contributed by atoms with Crippen LogP contribution in [-0.2, 0) is 11.2 Å². The van der Waals surface area contributed by atoms with Crippen molar-refractivity contribution in [2.75, 3.05) is 13.1 Å². The molecule has 1 N–H and O–H groups in total. The zero-order valence-corrected chi connectivity index (χ0v) is 11.6. The van der Waals surface area contributed by atoms with Gasteiger partial charge in [-0.25, -0.2) is 4.52 Å². The molecule has 1 aliphatic rings. The number of aromatic nitrogens is 2. The van der Waals surface area contributed by atoms with Gasteiger partial charge in [0.05, 0.1) is 24.2 Å². The Hall–Kier alpha value is -1.88. The molecule has 0 aromatic carbocycles. The van der Waals surface area contributed by atoms with Gasteiger partial charge in [-0.2, -0.15) is 5.10 Å². The second-order valence-electron chi connectivity index (χ2n) is 5.55. The van der Waals surface area contributed by atoms with E-state index in [1.54, 1.807) is 15.6 Å². The van der Waals surface area contributed by atoms with Crippen molar-refractivity contribution in [3.8, 4) is 0 Å². The molecule has 1 amide bonds. The zero-order chi connectivity index (χ0) is 14.1. The first-order valence-corrected chi connectivity index (χ1v) is 7.02. The Morgan fingerprint density at radius 1 is 1.50 bits per heavy atom. The number of carbonyl (C=O) groups excluding carboxylic acids is 1. The first kappa shape index (κ1) is 13.1. The maximum absolute atomic E-state index is 12.3. The molecule has 5 nitrogen and oxygen atoms in total. The molecule has 0 saturated carbocycles. The average Bonchev–Trinajstić information content (AvgIpc) is 2.85. The summed E-state index contributed by atoms with van der Waals surface area (Å²) < 4.78 is 1.77. The summed E-state index contributed by atoms with van der Waals surface area (Å²) in [6, 6.07) is 5.81. The Morgan fingerprint density at radius 2 is 2.35 bits per heavy atom. The van der Waals surface area contributed by atoms with E-state index >= 15 is 0 Å². The van der Waals surface area contributed by atoms with Crippen molar-refractivity contribution in [3.63, 3.8) is 0 Å². The predicted octanol–water partition coefficient (Wildman–Crippen LogP) is 1.11. The lowest BCUT2D eigenvalue weighted by Crippen LogP contribution is -2.46. The summed E-state index contributed by atoms with van der Waals surface area (Å²) in [5.41, 5.74) is 1.90. The molecule has 1 saturated heterocycles. The molecule has 3 heterocycles. The van der Waals surface area contributed by atoms with Gasteiger partial charge in [-0.3, -0.25) is 4.79 Å². The smallest absolute Gasteiger partial charge is 0.227 e. The largest absolute Gasteiger partial charge is 0.391 e. The SMILES string of the molecule is CC1CCN(C(=O)Cc2cnn3ccccc23)CC1O. The van der Waals surface area contributed by atoms with Gasteiger partial charge < -0.3 is 10.0 Å². The number of aliphatic hydroxyl groups is 1. The number of amides is 1. The quantitative estimate of drug-likeness (QED) is 0.891. The minimum Gasteiger partial charge on any atom is -0.391 e. The number of β-amino-alcohol motifs (C(OH)–C–C–N with tert-alkyl or cyclic N) is 1. The van der Waals surface area contributed by atoms with E-state index in [9.17, 15) is 9.90 Å². The van der Waals surface area contributed by atoms with Gasteiger partial charge in [-0.05, 0) is 24.5 Å². The van der Waals surface area contributed by atoms with E-state index in [-0.39, 0.29) is 11.8 Å². The summed E-state index contributed by atoms with van der Waals surface area (Å²) in [5, 5.41) is 14.1. The molecular weight excluding hydrogens is 254 g/mol. The molecule has 0 aliphatic carbocycles. The molecule has 106 valence electrons. The third-order valence-electron chi connectivity index (χ3n) is 4.12. The van der Waals surface area contributed by atoms with Crippen LogP contribution in [0, 0.1) is 5.92 Å². The van der Waals surface area contributed by atoms with Crippen molar-refractivity contribution in [2.24, 2.45) is 5.92 Å². The fourth-order valence-corrected chi connectivity index (χ4v) is 2.67. The highest BCUT2D eigenvalue weighted by Crippen LogP contribution is 2.19. The number of carbonyl (C=O) groups is 1. The molecule has 1 fully saturated rings. The summed E-state index contributed by atoms with van der Waals surface area (Å²) in [4.78, 5) is 14.1. The number of rotatable bonds is 2. The van der Waals surface area contributed by atoms with Gasteiger partial charge in [0.2, 0.25) is 5.91 Å². The Balaban J connectivity index is 1.73. The second kappa shape index (κ2) is 5.25. The van der Waals surface area contributed by atoms with Gasteiger partial charge in [0, 0.05) is 24.8 Å². The molecule has 2 atom stereocenters. The highest BCUT2D eigenvalue weighted by Gasteiger charge is 2.27. The maximum Gasteiger partial charge on any atom is 0.227 e. The molecule has 2 aromatic rings. The Kier molecular flexibility index (Phi) is 3.44. The van der Waals surface area contributed by atoms with E-state index in [4.69, 9.17) is 0 Å². The Morgan fingerprint density at radius 3 is 3.15 bits per heavy atom. The highest BCUT2D eigenvalue weighted by molar-refractivity contribution is 5.81. The van der Waals surface area contributed by atoms with Gasteiger partial charge in [-0.15, -0.1) is 0 Å². The van der Waals surface area contributed by atoms with Crippen LogP contribution in [0.3, 0.4) is 0 Å². The molecule has 1 aliphatic heterocycles. The van der Waals surface area contributed by atoms with Gasteiger partial charge in [-0.1, -0.05) is 13.0 Å². The number of nitrogens with zero attached hydrogens (tertiary/aromatic N) is 3. The third-order valence-corrected chi connectivity index (χ3v) is 4.12. The van der Waals surface area contributed by atoms with E-state index in [0.717, 1.165) is 24.0 Å². The summed E-state index contributed by atoms with van der Waals surface area (Å²) in [7, 11) is 0. The van der Waals surface area contributed by atoms with E-state index in [0.29, 0.717) is 13.0 Å². The van der Waals surface area contributed by atoms with Gasteiger partial charge in [0.15, 0.2) is 0 Å². The van der Waals surface area contributed by atoms with Gasteiger partial charge in [0.25, 0.3) is 0 Å². The minimum absolute atomic E-state index is 0.0645. The van der Waals surface area contributed by atoms with Crippen LogP contribution in [0.2, 0.25) is 0 Å². The van der Waals surface area contributed by atoms with Crippen molar-refractivity contribution >= 4 is 11.4 Å². The first-order chi connectivity index (χ1) is 9.65. The van der Waals surface area contributed by atoms with Crippen LogP contribution in [-0.4, -0.2) is 44.7 Å². The molecule has 3 rings (SSSR count). The zero-order valence-electron chi connectivity index (χ0n) is 11.6. The van der Waals surface area contributed by atoms with Crippen LogP contribution in [0.4, 0.5) is 0 Å². The standard InChI is InChI=1S/C15H19N3O2/c1-11-5-7-17(10-14(11)19)15(20)8-12-9-16-18-6-3-2-4-13(12)18/h2-4,6,9,11,14,19H,5,7-8,10H2,1H3. The summed E-state index contributed by atoms with van der Waals surface area (Å²) in [5.74, 6) is 0.339. The number of aliphatic hydroxyl groups excluding tert-OH is 1. The Labute approximate surface area is 117 Å². The lowest BCUT2D eigenvalue weighted by molar-refractivity contribution is -0.134. The van der Waals surface area contributed by atoms with E-state index in [1.165, 1.54) is 0 Å². The van der Waals surface area contributed by atoms with Crippen molar-refractivity contribution in [3.05, 3.63) is 36.2 Å². The normalized spacial score (nSPS) is 23.2. The van der Waals surface area contributed by atoms with Crippen LogP contribution in [0.15, 0.2) is 30.6 Å². The molecular formula is C15H19N3O2. The van der Waals surface area contributed by atoms with E-state index in [1.807, 2.05) is 31.3 Å². The summed E-state index contributed by atoms with van der Waals surface area (Å²) in [6.07, 6.45) is 4.42. The molecule has 0 bridgehead atoms. The van der Waals surface area contributed by atoms with Gasteiger partial charge in [0.1, 0.15) is 0 Å². The molecule has 5 heteroatoms. The summed E-state index contributed by atoms with van der Waals surface area (Å²) >= 11 is 0. The lowest BCUT2D eigenvalue weighted by Gasteiger charge is -2.34. The van der Waals surface area contributed by atoms with Crippen LogP contribution in [0.5, 0.6) is 0 Å². The fraction of sp³-hybridized carbons (Fsp3) is 0.467. The fourth-order valence-electron chi connectivity index (χ4n) is 2.67. The molecule has 0 spiro atoms. The third kappa shape index (κ3) is 2.41. The number of likely N-dealkylation sites (tertiary alicyclic amines) is 1. The number of fused-ring (bicyclic) bond motifs is 1. The van der Waals surface area contributed by atoms with Crippen LogP contribution in [0.25, 0.3) is 5.52 Å². The monoisotopic (exact) mass is 273 g/mol. The van der Waals surface area contributed by atoms with E-state index < -0.39 is 6.10 Å². The lowest BCUT2D eigenvalue weighted by atomic mass is 9.95. The molecule has 20 heavy (non-hydrogen) atoms. The average molecular weight is 273 g/mol. The molecule has 0 radical (unpaired) electrons. The van der Waals surface area contributed by atoms with Crippen molar-refractivity contribution < 1.29 is 9.90 Å². The van der Waals surface area contributed by atoms with Crippen molar-refractivity contribution in [1.82, 2.24) is 14.5 Å². The number of hydrogen-bond donors (Lipinski definition) is 1. The van der Waals surface area contributed by atoms with Crippen LogP contribution < -0.4 is 0 Å². The maximum atomic E-state index is 12.3. The second-order valence-corrected chi connectivity index (χ2v) is 5.55.